The highest BCUT2D eigenvalue weighted by Crippen LogP contribution is 2.20. The molecule has 1 aromatic carbocycles. The molecule has 0 bridgehead atoms. The lowest BCUT2D eigenvalue weighted by molar-refractivity contribution is 0.576. The molecular weight excluding hydrogens is 250 g/mol. The van der Waals surface area contributed by atoms with E-state index in [1.54, 1.807) is 16.7 Å². The molecule has 3 aromatic rings. The summed E-state index contributed by atoms with van der Waals surface area (Å²) in [5, 5.41) is 1.19. The molecule has 0 fully saturated rings. The molecule has 20 heavy (non-hydrogen) atoms. The van der Waals surface area contributed by atoms with Crippen LogP contribution in [0.15, 0.2) is 59.7 Å². The van der Waals surface area contributed by atoms with Gasteiger partial charge in [-0.2, -0.15) is 0 Å². The molecule has 2 aromatic heterocycles. The van der Waals surface area contributed by atoms with E-state index in [0.29, 0.717) is 13.1 Å². The Bertz CT molecular complexity index is 786. The van der Waals surface area contributed by atoms with Gasteiger partial charge in [-0.3, -0.25) is 4.79 Å². The number of fused-ring (bicyclic) bond motifs is 1. The maximum atomic E-state index is 11.7. The molecule has 0 spiro atoms. The number of nitrogens with two attached hydrogens (primary N) is 1. The van der Waals surface area contributed by atoms with E-state index >= 15 is 0 Å². The summed E-state index contributed by atoms with van der Waals surface area (Å²) >= 11 is 0. The van der Waals surface area contributed by atoms with Crippen LogP contribution in [-0.2, 0) is 19.6 Å². The van der Waals surface area contributed by atoms with Crippen LogP contribution >= 0.6 is 0 Å². The number of benzene rings is 1. The van der Waals surface area contributed by atoms with Gasteiger partial charge in [0.2, 0.25) is 0 Å². The molecule has 0 saturated heterocycles. The maximum Gasteiger partial charge on any atom is 0.250 e. The van der Waals surface area contributed by atoms with Gasteiger partial charge in [-0.1, -0.05) is 24.3 Å². The summed E-state index contributed by atoms with van der Waals surface area (Å²) in [6.45, 7) is 1.94. The average Bonchev–Trinajstić information content (AvgIpc) is 2.85. The zero-order chi connectivity index (χ0) is 13.9. The Hall–Kier alpha value is -2.33. The lowest BCUT2D eigenvalue weighted by Gasteiger charge is -2.07. The minimum atomic E-state index is 0.0306. The number of hydrogen-bond donors (Lipinski definition) is 1. The number of pyridine rings is 1. The van der Waals surface area contributed by atoms with Crippen LogP contribution in [0, 0.1) is 0 Å². The Balaban J connectivity index is 1.92. The van der Waals surface area contributed by atoms with Gasteiger partial charge in [0.15, 0.2) is 0 Å². The summed E-state index contributed by atoms with van der Waals surface area (Å²) < 4.78 is 3.88. The van der Waals surface area contributed by atoms with E-state index in [9.17, 15) is 4.79 Å². The van der Waals surface area contributed by atoms with E-state index in [1.165, 1.54) is 5.39 Å². The van der Waals surface area contributed by atoms with Crippen molar-refractivity contribution >= 4 is 10.9 Å². The van der Waals surface area contributed by atoms with E-state index in [1.807, 2.05) is 24.4 Å². The number of aromatic nitrogens is 2. The second-order valence-corrected chi connectivity index (χ2v) is 4.80. The predicted molar refractivity (Wildman–Crippen MR) is 80.5 cm³/mol. The molecule has 0 aliphatic heterocycles. The van der Waals surface area contributed by atoms with Crippen LogP contribution in [0.3, 0.4) is 0 Å². The van der Waals surface area contributed by atoms with Gasteiger partial charge in [0.1, 0.15) is 0 Å². The normalized spacial score (nSPS) is 11.1. The predicted octanol–water partition coefficient (Wildman–Crippen LogP) is 1.96. The lowest BCUT2D eigenvalue weighted by atomic mass is 10.2. The topological polar surface area (TPSA) is 52.9 Å². The van der Waals surface area contributed by atoms with Gasteiger partial charge in [0.25, 0.3) is 5.56 Å². The second-order valence-electron chi connectivity index (χ2n) is 4.80. The third-order valence-corrected chi connectivity index (χ3v) is 3.57. The quantitative estimate of drug-likeness (QED) is 0.785. The van der Waals surface area contributed by atoms with Crippen molar-refractivity contribution in [3.63, 3.8) is 0 Å². The average molecular weight is 267 g/mol. The van der Waals surface area contributed by atoms with Crippen LogP contribution in [-0.4, -0.2) is 9.13 Å². The Morgan fingerprint density at radius 2 is 1.70 bits per heavy atom. The van der Waals surface area contributed by atoms with Crippen molar-refractivity contribution in [1.29, 1.82) is 0 Å². The van der Waals surface area contributed by atoms with Gasteiger partial charge in [-0.25, -0.2) is 0 Å². The van der Waals surface area contributed by atoms with Gasteiger partial charge in [-0.05, 0) is 17.7 Å². The highest BCUT2D eigenvalue weighted by Gasteiger charge is 2.06. The van der Waals surface area contributed by atoms with Crippen molar-refractivity contribution in [2.45, 2.75) is 19.6 Å². The molecule has 0 unspecified atom stereocenters. The molecule has 2 N–H and O–H groups in total. The van der Waals surface area contributed by atoms with Crippen molar-refractivity contribution in [3.8, 4) is 0 Å². The minimum absolute atomic E-state index is 0.0306. The van der Waals surface area contributed by atoms with Gasteiger partial charge < -0.3 is 14.9 Å². The monoisotopic (exact) mass is 267 g/mol. The molecule has 0 amide bonds. The summed E-state index contributed by atoms with van der Waals surface area (Å²) in [7, 11) is 0. The van der Waals surface area contributed by atoms with Crippen LogP contribution in [0.5, 0.6) is 0 Å². The number of para-hydroxylation sites is 1. The lowest BCUT2D eigenvalue weighted by Crippen LogP contribution is -2.20. The van der Waals surface area contributed by atoms with E-state index in [4.69, 9.17) is 5.73 Å². The van der Waals surface area contributed by atoms with Crippen molar-refractivity contribution in [3.05, 3.63) is 70.8 Å². The fourth-order valence-corrected chi connectivity index (χ4v) is 2.53. The third kappa shape index (κ3) is 2.26. The first kappa shape index (κ1) is 12.7. The molecule has 0 aliphatic carbocycles. The summed E-state index contributed by atoms with van der Waals surface area (Å²) in [4.78, 5) is 11.7. The number of aryl methyl sites for hydroxylation is 2. The zero-order valence-corrected chi connectivity index (χ0v) is 11.2. The zero-order valence-electron chi connectivity index (χ0n) is 11.2. The minimum Gasteiger partial charge on any atom is -0.345 e. The second kappa shape index (κ2) is 5.35. The van der Waals surface area contributed by atoms with E-state index in [2.05, 4.69) is 22.9 Å². The first-order valence-electron chi connectivity index (χ1n) is 6.72. The van der Waals surface area contributed by atoms with Crippen LogP contribution in [0.4, 0.5) is 0 Å². The molecular formula is C16H17N3O. The fraction of sp³-hybridized carbons (Fsp3) is 0.188. The van der Waals surface area contributed by atoms with Gasteiger partial charge in [0, 0.05) is 49.0 Å². The van der Waals surface area contributed by atoms with Crippen LogP contribution in [0.2, 0.25) is 0 Å². The molecule has 4 nitrogen and oxygen atoms in total. The Morgan fingerprint density at radius 3 is 2.50 bits per heavy atom. The first-order chi connectivity index (χ1) is 9.79. The van der Waals surface area contributed by atoms with Gasteiger partial charge in [0.05, 0.1) is 0 Å². The van der Waals surface area contributed by atoms with E-state index < -0.39 is 0 Å². The number of hydrogen-bond acceptors (Lipinski definition) is 2. The molecule has 2 heterocycles. The van der Waals surface area contributed by atoms with E-state index in [0.717, 1.165) is 17.6 Å². The van der Waals surface area contributed by atoms with Crippen molar-refractivity contribution < 1.29 is 0 Å². The molecule has 102 valence electrons. The molecule has 4 heteroatoms. The molecule has 0 radical (unpaired) electrons. The maximum absolute atomic E-state index is 11.7. The van der Waals surface area contributed by atoms with Gasteiger partial charge in [-0.15, -0.1) is 0 Å². The van der Waals surface area contributed by atoms with Crippen molar-refractivity contribution in [2.24, 2.45) is 5.73 Å². The number of rotatable bonds is 4. The smallest absolute Gasteiger partial charge is 0.250 e. The summed E-state index contributed by atoms with van der Waals surface area (Å²) in [5.41, 5.74) is 8.13. The highest BCUT2D eigenvalue weighted by molar-refractivity contribution is 5.83. The molecule has 0 atom stereocenters. The Kier molecular flexibility index (Phi) is 3.39. The SMILES string of the molecule is NCc1cn(CCn2ccccc2=O)c2ccccc12. The number of nitrogens with zero attached hydrogens (tertiary/aromatic N) is 2. The molecule has 0 saturated carbocycles. The first-order valence-corrected chi connectivity index (χ1v) is 6.72. The summed E-state index contributed by atoms with van der Waals surface area (Å²) in [5.74, 6) is 0. The third-order valence-electron chi connectivity index (χ3n) is 3.57. The Morgan fingerprint density at radius 1 is 0.950 bits per heavy atom. The highest BCUT2D eigenvalue weighted by atomic mass is 16.1. The standard InChI is InChI=1S/C16H17N3O/c17-11-13-12-19(15-6-2-1-5-14(13)15)10-9-18-8-4-3-7-16(18)20/h1-8,12H,9-11,17H2. The van der Waals surface area contributed by atoms with Crippen molar-refractivity contribution in [1.82, 2.24) is 9.13 Å². The van der Waals surface area contributed by atoms with E-state index in [-0.39, 0.29) is 5.56 Å². The fourth-order valence-electron chi connectivity index (χ4n) is 2.53. The van der Waals surface area contributed by atoms with Crippen LogP contribution < -0.4 is 11.3 Å². The molecule has 3 rings (SSSR count). The Labute approximate surface area is 117 Å². The molecule has 0 aliphatic rings. The van der Waals surface area contributed by atoms with Crippen LogP contribution in [0.1, 0.15) is 5.56 Å². The summed E-state index contributed by atoms with van der Waals surface area (Å²) in [6, 6.07) is 13.4. The summed E-state index contributed by atoms with van der Waals surface area (Å²) in [6.07, 6.45) is 3.90. The van der Waals surface area contributed by atoms with Crippen LogP contribution in [0.25, 0.3) is 10.9 Å². The van der Waals surface area contributed by atoms with Crippen molar-refractivity contribution in [2.75, 3.05) is 0 Å². The largest absolute Gasteiger partial charge is 0.345 e. The van der Waals surface area contributed by atoms with Gasteiger partial charge >= 0.3 is 0 Å².